The lowest BCUT2D eigenvalue weighted by atomic mass is 9.96. The van der Waals surface area contributed by atoms with Crippen molar-refractivity contribution in [3.8, 4) is 0 Å². The molecule has 0 aliphatic heterocycles. The summed E-state index contributed by atoms with van der Waals surface area (Å²) in [6, 6.07) is 0. The molecule has 0 unspecified atom stereocenters. The molecular formula is C9H15N. The van der Waals surface area contributed by atoms with Crippen LogP contribution in [0.4, 0.5) is 0 Å². The first-order valence-electron chi connectivity index (χ1n) is 3.41. The molecule has 0 bridgehead atoms. The van der Waals surface area contributed by atoms with E-state index in [1.54, 1.807) is 6.20 Å². The van der Waals surface area contributed by atoms with Crippen LogP contribution in [0.3, 0.4) is 0 Å². The highest BCUT2D eigenvalue weighted by Crippen LogP contribution is 2.11. The Morgan fingerprint density at radius 3 is 2.40 bits per heavy atom. The van der Waals surface area contributed by atoms with Gasteiger partial charge in [-0.05, 0) is 6.92 Å². The van der Waals surface area contributed by atoms with Gasteiger partial charge in [-0.3, -0.25) is 4.99 Å². The fraction of sp³-hybridized carbons (Fsp3) is 0.444. The Morgan fingerprint density at radius 1 is 1.40 bits per heavy atom. The molecule has 0 radical (unpaired) electrons. The van der Waals surface area contributed by atoms with Gasteiger partial charge in [0.2, 0.25) is 0 Å². The van der Waals surface area contributed by atoms with E-state index in [4.69, 9.17) is 0 Å². The fourth-order valence-electron chi connectivity index (χ4n) is 0.374. The number of rotatable bonds is 3. The SMILES string of the molecule is C=CC(C)(C)C=N/C=C\C. The third kappa shape index (κ3) is 4.07. The zero-order chi connectivity index (χ0) is 8.04. The topological polar surface area (TPSA) is 12.4 Å². The van der Waals surface area contributed by atoms with Gasteiger partial charge in [-0.15, -0.1) is 6.58 Å². The van der Waals surface area contributed by atoms with Crippen molar-refractivity contribution in [3.63, 3.8) is 0 Å². The molecule has 0 rings (SSSR count). The van der Waals surface area contributed by atoms with Crippen LogP contribution in [-0.4, -0.2) is 6.21 Å². The third-order valence-corrected chi connectivity index (χ3v) is 1.17. The molecule has 0 aromatic heterocycles. The zero-order valence-electron chi connectivity index (χ0n) is 6.96. The quantitative estimate of drug-likeness (QED) is 0.419. The first-order chi connectivity index (χ1) is 4.62. The van der Waals surface area contributed by atoms with Crippen LogP contribution in [0.25, 0.3) is 0 Å². The van der Waals surface area contributed by atoms with Gasteiger partial charge in [0.1, 0.15) is 0 Å². The smallest absolute Gasteiger partial charge is 0.0221 e. The molecule has 0 saturated carbocycles. The van der Waals surface area contributed by atoms with Crippen LogP contribution in [0.15, 0.2) is 29.9 Å². The lowest BCUT2D eigenvalue weighted by molar-refractivity contribution is 0.696. The van der Waals surface area contributed by atoms with Gasteiger partial charge in [-0.1, -0.05) is 26.0 Å². The van der Waals surface area contributed by atoms with Gasteiger partial charge in [-0.2, -0.15) is 0 Å². The largest absolute Gasteiger partial charge is 0.269 e. The van der Waals surface area contributed by atoms with E-state index in [9.17, 15) is 0 Å². The molecule has 0 aliphatic rings. The summed E-state index contributed by atoms with van der Waals surface area (Å²) in [5, 5.41) is 0. The van der Waals surface area contributed by atoms with E-state index >= 15 is 0 Å². The van der Waals surface area contributed by atoms with Crippen molar-refractivity contribution in [3.05, 3.63) is 24.9 Å². The molecule has 0 heterocycles. The first kappa shape index (κ1) is 9.15. The highest BCUT2D eigenvalue weighted by Gasteiger charge is 2.06. The molecular weight excluding hydrogens is 122 g/mol. The normalized spacial score (nSPS) is 13.1. The summed E-state index contributed by atoms with van der Waals surface area (Å²) in [7, 11) is 0. The Labute approximate surface area is 63.2 Å². The molecule has 56 valence electrons. The second-order valence-electron chi connectivity index (χ2n) is 2.79. The fourth-order valence-corrected chi connectivity index (χ4v) is 0.374. The van der Waals surface area contributed by atoms with Crippen molar-refractivity contribution < 1.29 is 0 Å². The van der Waals surface area contributed by atoms with Crippen LogP contribution in [-0.2, 0) is 0 Å². The number of nitrogens with zero attached hydrogens (tertiary/aromatic N) is 1. The van der Waals surface area contributed by atoms with Gasteiger partial charge in [0, 0.05) is 17.8 Å². The molecule has 0 aliphatic carbocycles. The van der Waals surface area contributed by atoms with Gasteiger partial charge in [0.05, 0.1) is 0 Å². The molecule has 0 atom stereocenters. The van der Waals surface area contributed by atoms with Gasteiger partial charge in [0.25, 0.3) is 0 Å². The van der Waals surface area contributed by atoms with Gasteiger partial charge >= 0.3 is 0 Å². The summed E-state index contributed by atoms with van der Waals surface area (Å²) in [6.45, 7) is 9.76. The van der Waals surface area contributed by atoms with E-state index in [0.717, 1.165) is 0 Å². The second kappa shape index (κ2) is 4.04. The monoisotopic (exact) mass is 137 g/mol. The molecule has 10 heavy (non-hydrogen) atoms. The van der Waals surface area contributed by atoms with E-state index in [2.05, 4.69) is 25.4 Å². The molecule has 1 heteroatoms. The molecule has 0 amide bonds. The average molecular weight is 137 g/mol. The van der Waals surface area contributed by atoms with Crippen LogP contribution in [0.5, 0.6) is 0 Å². The van der Waals surface area contributed by atoms with Crippen LogP contribution in [0, 0.1) is 5.41 Å². The van der Waals surface area contributed by atoms with Gasteiger partial charge in [0.15, 0.2) is 0 Å². The second-order valence-corrected chi connectivity index (χ2v) is 2.79. The Morgan fingerprint density at radius 2 is 2.00 bits per heavy atom. The summed E-state index contributed by atoms with van der Waals surface area (Å²) in [5.74, 6) is 0. The summed E-state index contributed by atoms with van der Waals surface area (Å²) >= 11 is 0. The Kier molecular flexibility index (Phi) is 3.70. The molecule has 0 saturated heterocycles. The lowest BCUT2D eigenvalue weighted by Gasteiger charge is -2.10. The number of hydrogen-bond donors (Lipinski definition) is 0. The Balaban J connectivity index is 3.98. The van der Waals surface area contributed by atoms with Crippen LogP contribution >= 0.6 is 0 Å². The van der Waals surface area contributed by atoms with E-state index in [1.807, 2.05) is 25.3 Å². The molecule has 0 aromatic carbocycles. The Bertz CT molecular complexity index is 152. The summed E-state index contributed by atoms with van der Waals surface area (Å²) in [4.78, 5) is 4.06. The standard InChI is InChI=1S/C9H15N/c1-5-7-10-8-9(3,4)6-2/h5-8H,2H2,1,3-4H3/b7-5-,10-8?. The lowest BCUT2D eigenvalue weighted by Crippen LogP contribution is -2.07. The maximum Gasteiger partial charge on any atom is 0.0221 e. The first-order valence-corrected chi connectivity index (χ1v) is 3.41. The van der Waals surface area contributed by atoms with Crippen molar-refractivity contribution >= 4 is 6.21 Å². The van der Waals surface area contributed by atoms with Gasteiger partial charge < -0.3 is 0 Å². The summed E-state index contributed by atoms with van der Waals surface area (Å²) < 4.78 is 0. The highest BCUT2D eigenvalue weighted by atomic mass is 14.7. The van der Waals surface area contributed by atoms with Gasteiger partial charge in [-0.25, -0.2) is 0 Å². The summed E-state index contributed by atoms with van der Waals surface area (Å²) in [5.41, 5.74) is 0.0134. The molecule has 0 aromatic rings. The van der Waals surface area contributed by atoms with E-state index < -0.39 is 0 Å². The van der Waals surface area contributed by atoms with Crippen LogP contribution in [0.2, 0.25) is 0 Å². The number of allylic oxidation sites excluding steroid dienone is 2. The van der Waals surface area contributed by atoms with Crippen molar-refractivity contribution in [2.75, 3.05) is 0 Å². The van der Waals surface area contributed by atoms with Crippen molar-refractivity contribution in [1.29, 1.82) is 0 Å². The molecule has 0 fully saturated rings. The predicted octanol–water partition coefficient (Wildman–Crippen LogP) is 2.80. The number of hydrogen-bond acceptors (Lipinski definition) is 1. The summed E-state index contributed by atoms with van der Waals surface area (Å²) in [6.07, 6.45) is 7.42. The van der Waals surface area contributed by atoms with E-state index in [-0.39, 0.29) is 5.41 Å². The maximum absolute atomic E-state index is 4.06. The molecule has 0 spiro atoms. The maximum atomic E-state index is 4.06. The van der Waals surface area contributed by atoms with Crippen LogP contribution in [0.1, 0.15) is 20.8 Å². The molecule has 1 nitrogen and oxygen atoms in total. The number of aliphatic imine (C=N–C) groups is 1. The van der Waals surface area contributed by atoms with Crippen molar-refractivity contribution in [2.24, 2.45) is 10.4 Å². The highest BCUT2D eigenvalue weighted by molar-refractivity contribution is 5.67. The van der Waals surface area contributed by atoms with Crippen molar-refractivity contribution in [1.82, 2.24) is 0 Å². The van der Waals surface area contributed by atoms with E-state index in [0.29, 0.717) is 0 Å². The predicted molar refractivity (Wildman–Crippen MR) is 47.3 cm³/mol. The van der Waals surface area contributed by atoms with Crippen LogP contribution < -0.4 is 0 Å². The molecule has 0 N–H and O–H groups in total. The third-order valence-electron chi connectivity index (χ3n) is 1.17. The zero-order valence-corrected chi connectivity index (χ0v) is 6.96. The average Bonchev–Trinajstić information content (AvgIpc) is 1.89. The minimum atomic E-state index is 0.0134. The minimum absolute atomic E-state index is 0.0134. The van der Waals surface area contributed by atoms with Crippen molar-refractivity contribution in [2.45, 2.75) is 20.8 Å². The minimum Gasteiger partial charge on any atom is -0.269 e. The van der Waals surface area contributed by atoms with E-state index in [1.165, 1.54) is 0 Å². The Hall–Kier alpha value is -0.850.